The van der Waals surface area contributed by atoms with Gasteiger partial charge in [-0.2, -0.15) is 0 Å². The Morgan fingerprint density at radius 3 is 2.54 bits per heavy atom. The first-order valence-electron chi connectivity index (χ1n) is 9.24. The second kappa shape index (κ2) is 7.66. The molecule has 2 saturated heterocycles. The molecule has 2 fully saturated rings. The molecule has 1 amide bonds. The third-order valence-electron chi connectivity index (χ3n) is 5.25. The SMILES string of the molecule is CC(C)CN1CC2(CCN(CCc3ccccc3)CC2)OCC1=O. The number of amides is 1. The van der Waals surface area contributed by atoms with Gasteiger partial charge >= 0.3 is 0 Å². The molecule has 0 aromatic heterocycles. The van der Waals surface area contributed by atoms with Crippen molar-refractivity contribution in [2.75, 3.05) is 39.3 Å². The van der Waals surface area contributed by atoms with Gasteiger partial charge in [-0.3, -0.25) is 4.79 Å². The highest BCUT2D eigenvalue weighted by Gasteiger charge is 2.42. The Bertz CT molecular complexity index is 536. The van der Waals surface area contributed by atoms with Crippen LogP contribution in [0.4, 0.5) is 0 Å². The highest BCUT2D eigenvalue weighted by molar-refractivity contribution is 5.78. The molecule has 1 aromatic rings. The van der Waals surface area contributed by atoms with Gasteiger partial charge in [0.2, 0.25) is 5.91 Å². The standard InChI is InChI=1S/C20H30N2O2/c1-17(2)14-22-16-20(24-15-19(22)23)9-12-21(13-10-20)11-8-18-6-4-3-5-7-18/h3-7,17H,8-16H2,1-2H3. The van der Waals surface area contributed by atoms with Crippen LogP contribution in [-0.4, -0.2) is 60.6 Å². The molecule has 0 bridgehead atoms. The smallest absolute Gasteiger partial charge is 0.248 e. The molecule has 0 unspecified atom stereocenters. The molecule has 0 atom stereocenters. The van der Waals surface area contributed by atoms with E-state index in [9.17, 15) is 4.79 Å². The van der Waals surface area contributed by atoms with Gasteiger partial charge in [0.05, 0.1) is 5.60 Å². The van der Waals surface area contributed by atoms with E-state index < -0.39 is 0 Å². The summed E-state index contributed by atoms with van der Waals surface area (Å²) in [4.78, 5) is 16.6. The van der Waals surface area contributed by atoms with Crippen molar-refractivity contribution in [2.45, 2.75) is 38.7 Å². The predicted molar refractivity (Wildman–Crippen MR) is 95.9 cm³/mol. The minimum atomic E-state index is -0.105. The summed E-state index contributed by atoms with van der Waals surface area (Å²) in [5, 5.41) is 0. The Morgan fingerprint density at radius 1 is 1.17 bits per heavy atom. The van der Waals surface area contributed by atoms with E-state index in [0.29, 0.717) is 5.92 Å². The van der Waals surface area contributed by atoms with Crippen LogP contribution in [0.25, 0.3) is 0 Å². The van der Waals surface area contributed by atoms with Crippen LogP contribution in [-0.2, 0) is 16.0 Å². The van der Waals surface area contributed by atoms with E-state index >= 15 is 0 Å². The van der Waals surface area contributed by atoms with Crippen LogP contribution < -0.4 is 0 Å². The summed E-state index contributed by atoms with van der Waals surface area (Å²) in [7, 11) is 0. The predicted octanol–water partition coefficient (Wildman–Crippen LogP) is 2.58. The largest absolute Gasteiger partial charge is 0.363 e. The quantitative estimate of drug-likeness (QED) is 0.832. The van der Waals surface area contributed by atoms with Crippen LogP contribution >= 0.6 is 0 Å². The van der Waals surface area contributed by atoms with E-state index in [4.69, 9.17) is 4.74 Å². The summed E-state index contributed by atoms with van der Waals surface area (Å²) < 4.78 is 6.02. The Balaban J connectivity index is 1.49. The third kappa shape index (κ3) is 4.37. The van der Waals surface area contributed by atoms with Crippen molar-refractivity contribution >= 4 is 5.91 Å². The third-order valence-corrected chi connectivity index (χ3v) is 5.25. The Kier molecular flexibility index (Phi) is 5.57. The number of hydrogen-bond donors (Lipinski definition) is 0. The summed E-state index contributed by atoms with van der Waals surface area (Å²) in [5.41, 5.74) is 1.30. The first-order chi connectivity index (χ1) is 11.6. The van der Waals surface area contributed by atoms with Gasteiger partial charge in [0.15, 0.2) is 0 Å². The average molecular weight is 330 g/mol. The zero-order valence-corrected chi connectivity index (χ0v) is 15.0. The van der Waals surface area contributed by atoms with Gasteiger partial charge in [-0.05, 0) is 30.7 Å². The fourth-order valence-electron chi connectivity index (χ4n) is 3.81. The molecule has 0 aliphatic carbocycles. The van der Waals surface area contributed by atoms with Crippen molar-refractivity contribution in [3.63, 3.8) is 0 Å². The fourth-order valence-corrected chi connectivity index (χ4v) is 3.81. The number of morpholine rings is 1. The number of rotatable bonds is 5. The Labute approximate surface area is 145 Å². The van der Waals surface area contributed by atoms with Gasteiger partial charge in [-0.1, -0.05) is 44.2 Å². The molecule has 4 nitrogen and oxygen atoms in total. The first kappa shape index (κ1) is 17.4. The number of piperidine rings is 1. The molecule has 2 aliphatic heterocycles. The van der Waals surface area contributed by atoms with Crippen LogP contribution in [0.15, 0.2) is 30.3 Å². The number of ether oxygens (including phenoxy) is 1. The van der Waals surface area contributed by atoms with Crippen LogP contribution in [0.2, 0.25) is 0 Å². The van der Waals surface area contributed by atoms with Crippen molar-refractivity contribution in [1.82, 2.24) is 9.80 Å². The molecule has 3 rings (SSSR count). The maximum Gasteiger partial charge on any atom is 0.248 e. The molecule has 4 heteroatoms. The molecule has 132 valence electrons. The Morgan fingerprint density at radius 2 is 1.88 bits per heavy atom. The van der Waals surface area contributed by atoms with E-state index in [1.807, 2.05) is 4.90 Å². The maximum absolute atomic E-state index is 12.1. The summed E-state index contributed by atoms with van der Waals surface area (Å²) in [6.45, 7) is 9.46. The normalized spacial score (nSPS) is 21.6. The minimum Gasteiger partial charge on any atom is -0.363 e. The van der Waals surface area contributed by atoms with Crippen LogP contribution in [0.1, 0.15) is 32.3 Å². The van der Waals surface area contributed by atoms with Crippen molar-refractivity contribution in [3.05, 3.63) is 35.9 Å². The van der Waals surface area contributed by atoms with E-state index in [-0.39, 0.29) is 18.1 Å². The summed E-state index contributed by atoms with van der Waals surface area (Å²) >= 11 is 0. The van der Waals surface area contributed by atoms with Crippen molar-refractivity contribution in [2.24, 2.45) is 5.92 Å². The number of nitrogens with zero attached hydrogens (tertiary/aromatic N) is 2. The lowest BCUT2D eigenvalue weighted by Gasteiger charge is -2.47. The monoisotopic (exact) mass is 330 g/mol. The average Bonchev–Trinajstić information content (AvgIpc) is 2.58. The second-order valence-electron chi connectivity index (χ2n) is 7.72. The maximum atomic E-state index is 12.1. The molecular weight excluding hydrogens is 300 g/mol. The number of carbonyl (C=O) groups is 1. The lowest BCUT2D eigenvalue weighted by Crippen LogP contribution is -2.59. The highest BCUT2D eigenvalue weighted by atomic mass is 16.5. The highest BCUT2D eigenvalue weighted by Crippen LogP contribution is 2.30. The summed E-state index contributed by atoms with van der Waals surface area (Å²) in [5.74, 6) is 0.663. The zero-order chi connectivity index (χ0) is 17.0. The number of likely N-dealkylation sites (tertiary alicyclic amines) is 1. The van der Waals surface area contributed by atoms with E-state index in [0.717, 1.165) is 52.0 Å². The van der Waals surface area contributed by atoms with Gasteiger partial charge in [-0.25, -0.2) is 0 Å². The molecule has 1 spiro atoms. The first-order valence-corrected chi connectivity index (χ1v) is 9.24. The molecule has 0 N–H and O–H groups in total. The zero-order valence-electron chi connectivity index (χ0n) is 15.0. The lowest BCUT2D eigenvalue weighted by atomic mass is 9.88. The molecule has 24 heavy (non-hydrogen) atoms. The topological polar surface area (TPSA) is 32.8 Å². The van der Waals surface area contributed by atoms with E-state index in [1.54, 1.807) is 0 Å². The number of benzene rings is 1. The molecule has 0 saturated carbocycles. The van der Waals surface area contributed by atoms with Crippen LogP contribution in [0.3, 0.4) is 0 Å². The molecular formula is C20H30N2O2. The van der Waals surface area contributed by atoms with Crippen LogP contribution in [0, 0.1) is 5.92 Å². The van der Waals surface area contributed by atoms with Gasteiger partial charge in [0.25, 0.3) is 0 Å². The van der Waals surface area contributed by atoms with E-state index in [1.165, 1.54) is 5.56 Å². The fraction of sp³-hybridized carbons (Fsp3) is 0.650. The van der Waals surface area contributed by atoms with E-state index in [2.05, 4.69) is 49.1 Å². The van der Waals surface area contributed by atoms with Crippen LogP contribution in [0.5, 0.6) is 0 Å². The summed E-state index contributed by atoms with van der Waals surface area (Å²) in [6, 6.07) is 10.7. The van der Waals surface area contributed by atoms with Gasteiger partial charge in [0.1, 0.15) is 6.61 Å². The molecule has 2 aliphatic rings. The number of hydrogen-bond acceptors (Lipinski definition) is 3. The molecule has 0 radical (unpaired) electrons. The van der Waals surface area contributed by atoms with Gasteiger partial charge in [-0.15, -0.1) is 0 Å². The van der Waals surface area contributed by atoms with Crippen molar-refractivity contribution in [3.8, 4) is 0 Å². The molecule has 1 aromatic carbocycles. The lowest BCUT2D eigenvalue weighted by molar-refractivity contribution is -0.172. The Hall–Kier alpha value is -1.39. The minimum absolute atomic E-state index is 0.105. The van der Waals surface area contributed by atoms with Gasteiger partial charge in [0, 0.05) is 32.7 Å². The van der Waals surface area contributed by atoms with Gasteiger partial charge < -0.3 is 14.5 Å². The number of carbonyl (C=O) groups excluding carboxylic acids is 1. The summed E-state index contributed by atoms with van der Waals surface area (Å²) in [6.07, 6.45) is 3.17. The molecule has 2 heterocycles. The van der Waals surface area contributed by atoms with Crippen molar-refractivity contribution < 1.29 is 9.53 Å². The van der Waals surface area contributed by atoms with Crippen molar-refractivity contribution in [1.29, 1.82) is 0 Å². The second-order valence-corrected chi connectivity index (χ2v) is 7.72.